The lowest BCUT2D eigenvalue weighted by atomic mass is 10.2. The highest BCUT2D eigenvalue weighted by molar-refractivity contribution is 7.13. The molecular formula is C19H20N2O2S2. The summed E-state index contributed by atoms with van der Waals surface area (Å²) in [6.45, 7) is 6.24. The van der Waals surface area contributed by atoms with Crippen molar-refractivity contribution in [3.8, 4) is 5.75 Å². The van der Waals surface area contributed by atoms with Gasteiger partial charge in [0.15, 0.2) is 0 Å². The van der Waals surface area contributed by atoms with Gasteiger partial charge in [0.2, 0.25) is 0 Å². The van der Waals surface area contributed by atoms with Crippen molar-refractivity contribution in [2.45, 2.75) is 33.4 Å². The van der Waals surface area contributed by atoms with E-state index >= 15 is 0 Å². The fraction of sp³-hybridized carbons (Fsp3) is 0.263. The van der Waals surface area contributed by atoms with Crippen molar-refractivity contribution in [2.75, 3.05) is 0 Å². The van der Waals surface area contributed by atoms with Crippen LogP contribution >= 0.6 is 22.7 Å². The summed E-state index contributed by atoms with van der Waals surface area (Å²) in [7, 11) is 0. The molecule has 1 amide bonds. The van der Waals surface area contributed by atoms with E-state index in [1.165, 1.54) is 11.3 Å². The summed E-state index contributed by atoms with van der Waals surface area (Å²) in [6, 6.07) is 11.9. The van der Waals surface area contributed by atoms with Crippen LogP contribution in [-0.4, -0.2) is 10.9 Å². The van der Waals surface area contributed by atoms with Crippen LogP contribution < -0.4 is 10.1 Å². The lowest BCUT2D eigenvalue weighted by Gasteiger charge is -2.11. The third kappa shape index (κ3) is 4.46. The van der Waals surface area contributed by atoms with Gasteiger partial charge < -0.3 is 10.1 Å². The maximum atomic E-state index is 12.5. The lowest BCUT2D eigenvalue weighted by molar-refractivity contribution is 0.0944. The van der Waals surface area contributed by atoms with Gasteiger partial charge in [0, 0.05) is 4.88 Å². The number of aromatic nitrogens is 1. The zero-order valence-corrected chi connectivity index (χ0v) is 16.0. The van der Waals surface area contributed by atoms with E-state index in [-0.39, 0.29) is 11.9 Å². The fourth-order valence-electron chi connectivity index (χ4n) is 2.45. The highest BCUT2D eigenvalue weighted by Crippen LogP contribution is 2.23. The number of nitrogens with one attached hydrogen (secondary N) is 1. The Kier molecular flexibility index (Phi) is 5.50. The second-order valence-electron chi connectivity index (χ2n) is 5.84. The Labute approximate surface area is 155 Å². The van der Waals surface area contributed by atoms with Crippen molar-refractivity contribution in [1.82, 2.24) is 10.3 Å². The number of ether oxygens (including phenoxy) is 1. The maximum absolute atomic E-state index is 12.5. The molecule has 1 atom stereocenters. The van der Waals surface area contributed by atoms with Crippen LogP contribution in [0.25, 0.3) is 0 Å². The molecule has 1 aromatic carbocycles. The summed E-state index contributed by atoms with van der Waals surface area (Å²) in [5.74, 6) is 0.725. The van der Waals surface area contributed by atoms with Crippen molar-refractivity contribution < 1.29 is 9.53 Å². The molecule has 6 heteroatoms. The van der Waals surface area contributed by atoms with Crippen molar-refractivity contribution in [3.05, 3.63) is 67.8 Å². The third-order valence-electron chi connectivity index (χ3n) is 3.72. The standard InChI is InChI=1S/C19H20N2O2S2/c1-12-6-4-7-15(10-12)23-11-17-20-14(3)18(25-17)19(22)21-13(2)16-8-5-9-24-16/h4-10,13H,11H2,1-3H3,(H,21,22)/t13-/m1/s1. The van der Waals surface area contributed by atoms with Gasteiger partial charge in [-0.3, -0.25) is 4.79 Å². The molecule has 0 bridgehead atoms. The van der Waals surface area contributed by atoms with Crippen LogP contribution in [0.5, 0.6) is 5.75 Å². The van der Waals surface area contributed by atoms with E-state index in [1.807, 2.05) is 62.5 Å². The Morgan fingerprint density at radius 3 is 2.84 bits per heavy atom. The predicted octanol–water partition coefficient (Wildman–Crippen LogP) is 4.89. The number of hydrogen-bond acceptors (Lipinski definition) is 5. The summed E-state index contributed by atoms with van der Waals surface area (Å²) in [6.07, 6.45) is 0. The molecule has 2 aromatic heterocycles. The van der Waals surface area contributed by atoms with Crippen LogP contribution in [0.4, 0.5) is 0 Å². The second kappa shape index (κ2) is 7.80. The summed E-state index contributed by atoms with van der Waals surface area (Å²) in [4.78, 5) is 18.8. The highest BCUT2D eigenvalue weighted by atomic mass is 32.1. The first kappa shape index (κ1) is 17.6. The molecule has 2 heterocycles. The van der Waals surface area contributed by atoms with Crippen molar-refractivity contribution in [2.24, 2.45) is 0 Å². The molecule has 0 saturated heterocycles. The third-order valence-corrected chi connectivity index (χ3v) is 5.90. The minimum absolute atomic E-state index is 0.0130. The van der Waals surface area contributed by atoms with Crippen LogP contribution in [0.1, 0.15) is 43.8 Å². The van der Waals surface area contributed by atoms with E-state index < -0.39 is 0 Å². The van der Waals surface area contributed by atoms with Gasteiger partial charge in [-0.25, -0.2) is 4.98 Å². The lowest BCUT2D eigenvalue weighted by Crippen LogP contribution is -2.25. The van der Waals surface area contributed by atoms with E-state index in [2.05, 4.69) is 10.3 Å². The topological polar surface area (TPSA) is 51.2 Å². The number of thiazole rings is 1. The molecule has 0 aliphatic rings. The number of rotatable bonds is 6. The smallest absolute Gasteiger partial charge is 0.263 e. The number of benzene rings is 1. The molecule has 0 unspecified atom stereocenters. The van der Waals surface area contributed by atoms with Gasteiger partial charge in [0.25, 0.3) is 5.91 Å². The summed E-state index contributed by atoms with van der Waals surface area (Å²) in [5, 5.41) is 5.84. The number of aryl methyl sites for hydroxylation is 2. The van der Waals surface area contributed by atoms with Gasteiger partial charge in [-0.15, -0.1) is 22.7 Å². The van der Waals surface area contributed by atoms with E-state index in [1.54, 1.807) is 11.3 Å². The molecule has 0 aliphatic carbocycles. The van der Waals surface area contributed by atoms with E-state index in [4.69, 9.17) is 4.74 Å². The van der Waals surface area contributed by atoms with E-state index in [0.717, 1.165) is 26.9 Å². The number of amides is 1. The SMILES string of the molecule is Cc1cccc(OCc2nc(C)c(C(=O)N[C@H](C)c3cccs3)s2)c1. The molecule has 3 aromatic rings. The monoisotopic (exact) mass is 372 g/mol. The molecular weight excluding hydrogens is 352 g/mol. The zero-order valence-electron chi connectivity index (χ0n) is 14.4. The van der Waals surface area contributed by atoms with Crippen molar-refractivity contribution in [3.63, 3.8) is 0 Å². The Morgan fingerprint density at radius 2 is 2.12 bits per heavy atom. The molecule has 130 valence electrons. The number of carbonyl (C=O) groups excluding carboxylic acids is 1. The van der Waals surface area contributed by atoms with Crippen LogP contribution in [0, 0.1) is 13.8 Å². The normalized spacial score (nSPS) is 12.0. The molecule has 0 radical (unpaired) electrons. The summed E-state index contributed by atoms with van der Waals surface area (Å²) < 4.78 is 5.78. The molecule has 25 heavy (non-hydrogen) atoms. The largest absolute Gasteiger partial charge is 0.486 e. The quantitative estimate of drug-likeness (QED) is 0.670. The Bertz CT molecular complexity index is 856. The minimum atomic E-state index is -0.0855. The Balaban J connectivity index is 1.64. The zero-order chi connectivity index (χ0) is 17.8. The molecule has 0 fully saturated rings. The number of nitrogens with zero attached hydrogens (tertiary/aromatic N) is 1. The number of thiophene rings is 1. The Morgan fingerprint density at radius 1 is 1.28 bits per heavy atom. The molecule has 0 aliphatic heterocycles. The highest BCUT2D eigenvalue weighted by Gasteiger charge is 2.18. The Hall–Kier alpha value is -2.18. The van der Waals surface area contributed by atoms with E-state index in [0.29, 0.717) is 11.5 Å². The van der Waals surface area contributed by atoms with Crippen LogP contribution in [0.2, 0.25) is 0 Å². The average Bonchev–Trinajstić information content (AvgIpc) is 3.22. The van der Waals surface area contributed by atoms with Crippen LogP contribution in [0.15, 0.2) is 41.8 Å². The maximum Gasteiger partial charge on any atom is 0.263 e. The van der Waals surface area contributed by atoms with Gasteiger partial charge in [-0.2, -0.15) is 0 Å². The van der Waals surface area contributed by atoms with Crippen molar-refractivity contribution >= 4 is 28.6 Å². The van der Waals surface area contributed by atoms with Gasteiger partial charge in [-0.1, -0.05) is 18.2 Å². The number of carbonyl (C=O) groups is 1. The van der Waals surface area contributed by atoms with Gasteiger partial charge in [-0.05, 0) is 49.9 Å². The van der Waals surface area contributed by atoms with Gasteiger partial charge in [0.05, 0.1) is 11.7 Å². The molecule has 0 spiro atoms. The van der Waals surface area contributed by atoms with Gasteiger partial charge >= 0.3 is 0 Å². The van der Waals surface area contributed by atoms with Crippen LogP contribution in [-0.2, 0) is 6.61 Å². The van der Waals surface area contributed by atoms with Crippen LogP contribution in [0.3, 0.4) is 0 Å². The first-order valence-corrected chi connectivity index (χ1v) is 9.72. The van der Waals surface area contributed by atoms with E-state index in [9.17, 15) is 4.79 Å². The first-order valence-electron chi connectivity index (χ1n) is 8.03. The number of hydrogen-bond donors (Lipinski definition) is 1. The molecule has 3 rings (SSSR count). The molecule has 0 saturated carbocycles. The minimum Gasteiger partial charge on any atom is -0.486 e. The fourth-order valence-corrected chi connectivity index (χ4v) is 4.06. The summed E-state index contributed by atoms with van der Waals surface area (Å²) in [5.41, 5.74) is 1.89. The summed E-state index contributed by atoms with van der Waals surface area (Å²) >= 11 is 3.02. The molecule has 4 nitrogen and oxygen atoms in total. The average molecular weight is 373 g/mol. The predicted molar refractivity (Wildman–Crippen MR) is 103 cm³/mol. The first-order chi connectivity index (χ1) is 12.0. The molecule has 1 N–H and O–H groups in total. The second-order valence-corrected chi connectivity index (χ2v) is 7.90. The van der Waals surface area contributed by atoms with Gasteiger partial charge in [0.1, 0.15) is 22.2 Å². The van der Waals surface area contributed by atoms with Crippen molar-refractivity contribution in [1.29, 1.82) is 0 Å².